The summed E-state index contributed by atoms with van der Waals surface area (Å²) in [6.45, 7) is 1.59. The topological polar surface area (TPSA) is 54.8 Å². The molecule has 0 aliphatic heterocycles. The van der Waals surface area contributed by atoms with Crippen molar-refractivity contribution in [1.29, 1.82) is 0 Å². The minimum Gasteiger partial charge on any atom is -0.464 e. The van der Waals surface area contributed by atoms with Crippen molar-refractivity contribution in [2.24, 2.45) is 10.7 Å². The van der Waals surface area contributed by atoms with Crippen LogP contribution in [0.2, 0.25) is 0 Å². The van der Waals surface area contributed by atoms with Gasteiger partial charge in [0.15, 0.2) is 0 Å². The fourth-order valence-corrected chi connectivity index (χ4v) is 1.74. The lowest BCUT2D eigenvalue weighted by Gasteiger charge is -2.07. The average molecular weight is 257 g/mol. The van der Waals surface area contributed by atoms with Crippen LogP contribution in [0.1, 0.15) is 5.56 Å². The molecule has 0 aliphatic rings. The van der Waals surface area contributed by atoms with Crippen LogP contribution in [0.4, 0.5) is 0 Å². The van der Waals surface area contributed by atoms with Gasteiger partial charge in [0.05, 0.1) is 12.8 Å². The van der Waals surface area contributed by atoms with Crippen LogP contribution in [0.3, 0.4) is 0 Å². The highest BCUT2D eigenvalue weighted by Gasteiger charge is 2.04. The predicted octanol–water partition coefficient (Wildman–Crippen LogP) is 2.21. The summed E-state index contributed by atoms with van der Waals surface area (Å²) in [5.41, 5.74) is 7.94. The van der Waals surface area contributed by atoms with Crippen LogP contribution in [0.15, 0.2) is 52.1 Å². The van der Waals surface area contributed by atoms with E-state index in [0.29, 0.717) is 12.4 Å². The van der Waals surface area contributed by atoms with Gasteiger partial charge in [-0.1, -0.05) is 18.2 Å². The number of benzene rings is 1. The molecule has 1 aromatic heterocycles. The number of hydrogen-bond acceptors (Lipinski definition) is 3. The summed E-state index contributed by atoms with van der Waals surface area (Å²) in [5.74, 6) is 1.40. The maximum absolute atomic E-state index is 6.00. The summed E-state index contributed by atoms with van der Waals surface area (Å²) in [4.78, 5) is 6.46. The highest BCUT2D eigenvalue weighted by Crippen LogP contribution is 2.20. The fraction of sp³-hybridized carbons (Fsp3) is 0.267. The van der Waals surface area contributed by atoms with Gasteiger partial charge in [-0.2, -0.15) is 0 Å². The van der Waals surface area contributed by atoms with Gasteiger partial charge in [-0.05, 0) is 32.3 Å². The van der Waals surface area contributed by atoms with E-state index in [1.54, 1.807) is 6.26 Å². The Morgan fingerprint density at radius 3 is 2.79 bits per heavy atom. The maximum atomic E-state index is 6.00. The Hall–Kier alpha value is -2.07. The molecule has 0 atom stereocenters. The van der Waals surface area contributed by atoms with Crippen molar-refractivity contribution in [1.82, 2.24) is 4.90 Å². The van der Waals surface area contributed by atoms with E-state index in [1.165, 1.54) is 0 Å². The van der Waals surface area contributed by atoms with Crippen LogP contribution in [-0.2, 0) is 0 Å². The first-order valence-electron chi connectivity index (χ1n) is 6.26. The molecule has 0 unspecified atom stereocenters. The number of furan rings is 1. The zero-order valence-corrected chi connectivity index (χ0v) is 11.3. The van der Waals surface area contributed by atoms with Gasteiger partial charge in [0, 0.05) is 17.7 Å². The first-order valence-corrected chi connectivity index (χ1v) is 6.26. The Balaban J connectivity index is 2.14. The lowest BCUT2D eigenvalue weighted by Crippen LogP contribution is -2.19. The fourth-order valence-electron chi connectivity index (χ4n) is 1.74. The molecule has 0 fully saturated rings. The molecule has 4 heteroatoms. The van der Waals surface area contributed by atoms with Gasteiger partial charge in [-0.15, -0.1) is 0 Å². The van der Waals surface area contributed by atoms with E-state index in [4.69, 9.17) is 10.2 Å². The highest BCUT2D eigenvalue weighted by atomic mass is 16.3. The van der Waals surface area contributed by atoms with Crippen LogP contribution in [-0.4, -0.2) is 37.9 Å². The van der Waals surface area contributed by atoms with Crippen LogP contribution in [0.25, 0.3) is 11.3 Å². The van der Waals surface area contributed by atoms with Crippen LogP contribution in [0, 0.1) is 0 Å². The molecule has 0 saturated heterocycles. The average Bonchev–Trinajstić information content (AvgIpc) is 2.92. The molecule has 4 nitrogen and oxygen atoms in total. The third-order valence-corrected chi connectivity index (χ3v) is 2.79. The van der Waals surface area contributed by atoms with E-state index < -0.39 is 0 Å². The summed E-state index contributed by atoms with van der Waals surface area (Å²) < 4.78 is 5.38. The monoisotopic (exact) mass is 257 g/mol. The molecule has 1 heterocycles. The van der Waals surface area contributed by atoms with Gasteiger partial charge in [-0.3, -0.25) is 4.99 Å². The summed E-state index contributed by atoms with van der Waals surface area (Å²) in [5, 5.41) is 0. The molecule has 2 rings (SSSR count). The van der Waals surface area contributed by atoms with Gasteiger partial charge in [0.2, 0.25) is 0 Å². The number of amidine groups is 1. The second-order valence-corrected chi connectivity index (χ2v) is 4.63. The van der Waals surface area contributed by atoms with Crippen molar-refractivity contribution in [2.45, 2.75) is 0 Å². The first-order chi connectivity index (χ1) is 9.16. The van der Waals surface area contributed by atoms with Crippen molar-refractivity contribution in [3.63, 3.8) is 0 Å². The van der Waals surface area contributed by atoms with Crippen LogP contribution in [0.5, 0.6) is 0 Å². The lowest BCUT2D eigenvalue weighted by atomic mass is 10.1. The van der Waals surface area contributed by atoms with Crippen molar-refractivity contribution in [2.75, 3.05) is 27.2 Å². The molecule has 2 N–H and O–H groups in total. The number of rotatable bonds is 5. The molecule has 100 valence electrons. The number of nitrogens with zero attached hydrogens (tertiary/aromatic N) is 2. The van der Waals surface area contributed by atoms with Crippen molar-refractivity contribution >= 4 is 5.84 Å². The predicted molar refractivity (Wildman–Crippen MR) is 78.3 cm³/mol. The summed E-state index contributed by atoms with van der Waals surface area (Å²) in [7, 11) is 4.03. The van der Waals surface area contributed by atoms with E-state index in [2.05, 4.69) is 9.89 Å². The minimum absolute atomic E-state index is 0.565. The van der Waals surface area contributed by atoms with E-state index in [1.807, 2.05) is 50.5 Å². The maximum Gasteiger partial charge on any atom is 0.133 e. The van der Waals surface area contributed by atoms with Gasteiger partial charge >= 0.3 is 0 Å². The van der Waals surface area contributed by atoms with Crippen molar-refractivity contribution in [3.05, 3.63) is 48.2 Å². The van der Waals surface area contributed by atoms with Crippen molar-refractivity contribution < 1.29 is 4.42 Å². The van der Waals surface area contributed by atoms with Crippen LogP contribution < -0.4 is 5.73 Å². The first kappa shape index (κ1) is 13.4. The second-order valence-electron chi connectivity index (χ2n) is 4.63. The third kappa shape index (κ3) is 3.69. The van der Waals surface area contributed by atoms with Gasteiger partial charge < -0.3 is 15.1 Å². The zero-order valence-electron chi connectivity index (χ0n) is 11.3. The molecule has 0 aliphatic carbocycles. The van der Waals surface area contributed by atoms with E-state index >= 15 is 0 Å². The molecular weight excluding hydrogens is 238 g/mol. The molecule has 0 spiro atoms. The highest BCUT2D eigenvalue weighted by molar-refractivity contribution is 5.98. The molecular formula is C15H19N3O. The third-order valence-electron chi connectivity index (χ3n) is 2.79. The van der Waals surface area contributed by atoms with Gasteiger partial charge in [-0.25, -0.2) is 0 Å². The molecule has 0 saturated carbocycles. The Labute approximate surface area is 113 Å². The minimum atomic E-state index is 0.565. The Bertz CT molecular complexity index is 544. The van der Waals surface area contributed by atoms with E-state index in [-0.39, 0.29) is 0 Å². The smallest absolute Gasteiger partial charge is 0.133 e. The Morgan fingerprint density at radius 1 is 1.26 bits per heavy atom. The van der Waals surface area contributed by atoms with E-state index in [9.17, 15) is 0 Å². The molecule has 2 aromatic rings. The molecule has 0 radical (unpaired) electrons. The molecule has 19 heavy (non-hydrogen) atoms. The zero-order chi connectivity index (χ0) is 13.7. The Morgan fingerprint density at radius 2 is 2.11 bits per heavy atom. The standard InChI is InChI=1S/C15H19N3O/c1-18(2)9-8-17-15(16)13-6-3-5-12(11-13)14-7-4-10-19-14/h3-7,10-11H,8-9H2,1-2H3,(H2,16,17). The SMILES string of the molecule is CN(C)CCN=C(N)c1cccc(-c2ccco2)c1. The number of hydrogen-bond donors (Lipinski definition) is 1. The number of likely N-dealkylation sites (N-methyl/N-ethyl adjacent to an activating group) is 1. The largest absolute Gasteiger partial charge is 0.464 e. The van der Waals surface area contributed by atoms with E-state index in [0.717, 1.165) is 23.4 Å². The van der Waals surface area contributed by atoms with Crippen molar-refractivity contribution in [3.8, 4) is 11.3 Å². The van der Waals surface area contributed by atoms with Gasteiger partial charge in [0.1, 0.15) is 11.6 Å². The molecule has 0 amide bonds. The molecule has 1 aromatic carbocycles. The Kier molecular flexibility index (Phi) is 4.36. The second kappa shape index (κ2) is 6.20. The normalized spacial score (nSPS) is 12.1. The number of nitrogens with two attached hydrogens (primary N) is 1. The lowest BCUT2D eigenvalue weighted by molar-refractivity contribution is 0.420. The molecule has 0 bridgehead atoms. The van der Waals surface area contributed by atoms with Gasteiger partial charge in [0.25, 0.3) is 0 Å². The summed E-state index contributed by atoms with van der Waals surface area (Å²) >= 11 is 0. The quantitative estimate of drug-likeness (QED) is 0.660. The number of aliphatic imine (C=N–C) groups is 1. The van der Waals surface area contributed by atoms with Crippen LogP contribution >= 0.6 is 0 Å². The summed E-state index contributed by atoms with van der Waals surface area (Å²) in [6.07, 6.45) is 1.66. The summed E-state index contributed by atoms with van der Waals surface area (Å²) in [6, 6.07) is 11.7.